The lowest BCUT2D eigenvalue weighted by Crippen LogP contribution is -2.37. The van der Waals surface area contributed by atoms with Gasteiger partial charge in [-0.15, -0.1) is 0 Å². The quantitative estimate of drug-likeness (QED) is 0.812. The molecule has 0 spiro atoms. The molecule has 0 aromatic carbocycles. The molecule has 0 aliphatic heterocycles. The SMILES string of the molecule is CCOC(=O)C(NCC(F)(F)F)c1cncn1C. The van der Waals surface area contributed by atoms with Gasteiger partial charge in [-0.2, -0.15) is 13.2 Å². The third-order valence-corrected chi connectivity index (χ3v) is 2.18. The number of rotatable bonds is 5. The summed E-state index contributed by atoms with van der Waals surface area (Å²) in [6, 6.07) is -1.18. The lowest BCUT2D eigenvalue weighted by atomic mass is 10.2. The van der Waals surface area contributed by atoms with Crippen molar-refractivity contribution in [2.45, 2.75) is 19.1 Å². The number of hydrogen-bond acceptors (Lipinski definition) is 4. The van der Waals surface area contributed by atoms with Crippen molar-refractivity contribution in [1.29, 1.82) is 0 Å². The van der Waals surface area contributed by atoms with Crippen molar-refractivity contribution in [3.05, 3.63) is 18.2 Å². The molecule has 5 nitrogen and oxygen atoms in total. The molecule has 102 valence electrons. The van der Waals surface area contributed by atoms with Gasteiger partial charge < -0.3 is 9.30 Å². The van der Waals surface area contributed by atoms with Crippen LogP contribution in [0.4, 0.5) is 13.2 Å². The summed E-state index contributed by atoms with van der Waals surface area (Å²) in [6.07, 6.45) is -1.68. The topological polar surface area (TPSA) is 56.1 Å². The van der Waals surface area contributed by atoms with Gasteiger partial charge in [-0.25, -0.2) is 9.78 Å². The zero-order valence-electron chi connectivity index (χ0n) is 9.99. The fourth-order valence-electron chi connectivity index (χ4n) is 1.40. The molecule has 0 aliphatic rings. The van der Waals surface area contributed by atoms with Gasteiger partial charge in [-0.05, 0) is 6.92 Å². The third-order valence-electron chi connectivity index (χ3n) is 2.18. The lowest BCUT2D eigenvalue weighted by molar-refractivity contribution is -0.149. The van der Waals surface area contributed by atoms with Crippen molar-refractivity contribution in [3.63, 3.8) is 0 Å². The first-order valence-corrected chi connectivity index (χ1v) is 5.28. The molecular formula is C10H14F3N3O2. The van der Waals surface area contributed by atoms with Crippen molar-refractivity contribution in [2.24, 2.45) is 7.05 Å². The van der Waals surface area contributed by atoms with Crippen molar-refractivity contribution in [1.82, 2.24) is 14.9 Å². The van der Waals surface area contributed by atoms with E-state index in [1.807, 2.05) is 0 Å². The summed E-state index contributed by atoms with van der Waals surface area (Å²) in [5, 5.41) is 2.13. The van der Waals surface area contributed by atoms with Gasteiger partial charge in [0.2, 0.25) is 0 Å². The fraction of sp³-hybridized carbons (Fsp3) is 0.600. The molecule has 1 rings (SSSR count). The standard InChI is InChI=1S/C10H14F3N3O2/c1-3-18-9(17)8(15-5-10(11,12)13)7-4-14-6-16(7)2/h4,6,8,15H,3,5H2,1-2H3. The second kappa shape index (κ2) is 5.85. The molecule has 1 atom stereocenters. The Hall–Kier alpha value is -1.57. The van der Waals surface area contributed by atoms with E-state index in [0.717, 1.165) is 0 Å². The van der Waals surface area contributed by atoms with E-state index in [0.29, 0.717) is 5.69 Å². The van der Waals surface area contributed by atoms with E-state index in [-0.39, 0.29) is 6.61 Å². The zero-order valence-corrected chi connectivity index (χ0v) is 9.99. The molecule has 0 aliphatic carbocycles. The van der Waals surface area contributed by atoms with Gasteiger partial charge in [-0.1, -0.05) is 0 Å². The highest BCUT2D eigenvalue weighted by molar-refractivity contribution is 5.77. The third kappa shape index (κ3) is 4.02. The van der Waals surface area contributed by atoms with Crippen LogP contribution in [0.25, 0.3) is 0 Å². The second-order valence-electron chi connectivity index (χ2n) is 3.61. The number of ether oxygens (including phenoxy) is 1. The molecule has 0 saturated heterocycles. The Balaban J connectivity index is 2.83. The maximum atomic E-state index is 12.2. The van der Waals surface area contributed by atoms with Gasteiger partial charge in [0, 0.05) is 7.05 Å². The summed E-state index contributed by atoms with van der Waals surface area (Å²) in [5.74, 6) is -0.759. The maximum Gasteiger partial charge on any atom is 0.401 e. The number of imidazole rings is 1. The maximum absolute atomic E-state index is 12.2. The predicted molar refractivity (Wildman–Crippen MR) is 56.6 cm³/mol. The average Bonchev–Trinajstić information content (AvgIpc) is 2.64. The van der Waals surface area contributed by atoms with Crippen LogP contribution >= 0.6 is 0 Å². The van der Waals surface area contributed by atoms with Crippen LogP contribution in [0.3, 0.4) is 0 Å². The molecule has 1 aromatic rings. The van der Waals surface area contributed by atoms with Gasteiger partial charge in [0.1, 0.15) is 6.04 Å². The number of aryl methyl sites for hydroxylation is 1. The fourth-order valence-corrected chi connectivity index (χ4v) is 1.40. The van der Waals surface area contributed by atoms with Crippen LogP contribution in [0.2, 0.25) is 0 Å². The highest BCUT2D eigenvalue weighted by Gasteiger charge is 2.32. The summed E-state index contributed by atoms with van der Waals surface area (Å²) < 4.78 is 42.7. The van der Waals surface area contributed by atoms with Gasteiger partial charge in [-0.3, -0.25) is 5.32 Å². The van der Waals surface area contributed by atoms with Crippen molar-refractivity contribution in [3.8, 4) is 0 Å². The van der Waals surface area contributed by atoms with E-state index in [4.69, 9.17) is 4.74 Å². The molecule has 0 amide bonds. The van der Waals surface area contributed by atoms with Gasteiger partial charge in [0.25, 0.3) is 0 Å². The van der Waals surface area contributed by atoms with Crippen molar-refractivity contribution >= 4 is 5.97 Å². The summed E-state index contributed by atoms with van der Waals surface area (Å²) in [4.78, 5) is 15.4. The summed E-state index contributed by atoms with van der Waals surface area (Å²) in [7, 11) is 1.59. The van der Waals surface area contributed by atoms with Gasteiger partial charge >= 0.3 is 12.1 Å². The van der Waals surface area contributed by atoms with E-state index in [2.05, 4.69) is 10.3 Å². The van der Waals surface area contributed by atoms with E-state index in [1.54, 1.807) is 14.0 Å². The number of halogens is 3. The normalized spacial score (nSPS) is 13.4. The predicted octanol–water partition coefficient (Wildman–Crippen LogP) is 1.18. The zero-order chi connectivity index (χ0) is 13.8. The molecule has 18 heavy (non-hydrogen) atoms. The van der Waals surface area contributed by atoms with Crippen LogP contribution in [0.5, 0.6) is 0 Å². The number of carbonyl (C=O) groups excluding carboxylic acids is 1. The number of nitrogens with zero attached hydrogens (tertiary/aromatic N) is 2. The van der Waals surface area contributed by atoms with Gasteiger partial charge in [0.05, 0.1) is 31.4 Å². The monoisotopic (exact) mass is 265 g/mol. The largest absolute Gasteiger partial charge is 0.465 e. The first kappa shape index (κ1) is 14.5. The second-order valence-corrected chi connectivity index (χ2v) is 3.61. The Labute approximate surface area is 102 Å². The molecule has 8 heteroatoms. The Bertz CT molecular complexity index is 403. The number of aromatic nitrogens is 2. The number of alkyl halides is 3. The smallest absolute Gasteiger partial charge is 0.401 e. The number of esters is 1. The molecule has 1 aromatic heterocycles. The summed E-state index contributed by atoms with van der Waals surface area (Å²) >= 11 is 0. The van der Waals surface area contributed by atoms with E-state index in [1.165, 1.54) is 17.1 Å². The molecule has 0 bridgehead atoms. The van der Waals surface area contributed by atoms with Crippen molar-refractivity contribution in [2.75, 3.05) is 13.2 Å². The molecule has 1 unspecified atom stereocenters. The van der Waals surface area contributed by atoms with E-state index < -0.39 is 24.7 Å². The van der Waals surface area contributed by atoms with Crippen LogP contribution in [-0.4, -0.2) is 34.8 Å². The highest BCUT2D eigenvalue weighted by atomic mass is 19.4. The van der Waals surface area contributed by atoms with Crippen LogP contribution in [0.1, 0.15) is 18.7 Å². The number of nitrogens with one attached hydrogen (secondary N) is 1. The minimum Gasteiger partial charge on any atom is -0.465 e. The Kier molecular flexibility index (Phi) is 4.71. The average molecular weight is 265 g/mol. The molecular weight excluding hydrogens is 251 g/mol. The molecule has 0 saturated carbocycles. The van der Waals surface area contributed by atoms with Gasteiger partial charge in [0.15, 0.2) is 0 Å². The van der Waals surface area contributed by atoms with E-state index >= 15 is 0 Å². The Morgan fingerprint density at radius 3 is 2.72 bits per heavy atom. The number of hydrogen-bond donors (Lipinski definition) is 1. The lowest BCUT2D eigenvalue weighted by Gasteiger charge is -2.18. The molecule has 0 radical (unpaired) electrons. The van der Waals surface area contributed by atoms with Crippen LogP contribution < -0.4 is 5.32 Å². The van der Waals surface area contributed by atoms with Crippen LogP contribution in [0, 0.1) is 0 Å². The molecule has 1 heterocycles. The summed E-state index contributed by atoms with van der Waals surface area (Å²) in [5.41, 5.74) is 0.317. The van der Waals surface area contributed by atoms with E-state index in [9.17, 15) is 18.0 Å². The molecule has 1 N–H and O–H groups in total. The Morgan fingerprint density at radius 1 is 1.61 bits per heavy atom. The van der Waals surface area contributed by atoms with Crippen LogP contribution in [-0.2, 0) is 16.6 Å². The first-order valence-electron chi connectivity index (χ1n) is 5.28. The molecule has 0 fully saturated rings. The minimum absolute atomic E-state index is 0.0981. The van der Waals surface area contributed by atoms with Crippen molar-refractivity contribution < 1.29 is 22.7 Å². The first-order chi connectivity index (χ1) is 8.35. The highest BCUT2D eigenvalue weighted by Crippen LogP contribution is 2.18. The summed E-state index contributed by atoms with van der Waals surface area (Å²) in [6.45, 7) is 0.407. The minimum atomic E-state index is -4.40. The Morgan fingerprint density at radius 2 is 2.28 bits per heavy atom. The number of carbonyl (C=O) groups is 1. The van der Waals surface area contributed by atoms with Crippen LogP contribution in [0.15, 0.2) is 12.5 Å².